The van der Waals surface area contributed by atoms with Crippen LogP contribution < -0.4 is 5.56 Å². The first-order chi connectivity index (χ1) is 12.3. The van der Waals surface area contributed by atoms with E-state index >= 15 is 0 Å². The van der Waals surface area contributed by atoms with E-state index < -0.39 is 0 Å². The van der Waals surface area contributed by atoms with Crippen molar-refractivity contribution in [2.24, 2.45) is 0 Å². The van der Waals surface area contributed by atoms with Crippen molar-refractivity contribution in [3.63, 3.8) is 0 Å². The van der Waals surface area contributed by atoms with Crippen LogP contribution >= 0.6 is 11.3 Å². The molecule has 0 amide bonds. The van der Waals surface area contributed by atoms with Crippen molar-refractivity contribution in [3.8, 4) is 0 Å². The Morgan fingerprint density at radius 3 is 2.35 bits per heavy atom. The number of aromatic amines is 1. The molecule has 0 saturated carbocycles. The van der Waals surface area contributed by atoms with Gasteiger partial charge in [-0.15, -0.1) is 11.3 Å². The average molecular weight is 372 g/mol. The summed E-state index contributed by atoms with van der Waals surface area (Å²) in [6.45, 7) is 8.32. The number of aromatic nitrogens is 2. The van der Waals surface area contributed by atoms with E-state index in [1.807, 2.05) is 0 Å². The summed E-state index contributed by atoms with van der Waals surface area (Å²) < 4.78 is 0. The van der Waals surface area contributed by atoms with Crippen molar-refractivity contribution in [2.75, 3.05) is 7.11 Å². The zero-order valence-corrected chi connectivity index (χ0v) is 16.5. The summed E-state index contributed by atoms with van der Waals surface area (Å²) in [5.74, 6) is 0.620. The SMILES string of the molecule is CO.Cc1c(C=O)sc2nc(Cc3ccc(C(C)(C)C)cc3)[nH]c(=O)c12. The molecule has 0 radical (unpaired) electrons. The molecule has 2 heterocycles. The summed E-state index contributed by atoms with van der Waals surface area (Å²) in [6, 6.07) is 8.38. The van der Waals surface area contributed by atoms with Crippen LogP contribution in [0.4, 0.5) is 0 Å². The smallest absolute Gasteiger partial charge is 0.259 e. The van der Waals surface area contributed by atoms with Crippen molar-refractivity contribution in [3.05, 3.63) is 62.0 Å². The monoisotopic (exact) mass is 372 g/mol. The third kappa shape index (κ3) is 4.08. The number of benzene rings is 1. The number of aliphatic hydroxyl groups is 1. The van der Waals surface area contributed by atoms with Crippen molar-refractivity contribution >= 4 is 27.8 Å². The molecule has 0 unspecified atom stereocenters. The van der Waals surface area contributed by atoms with Gasteiger partial charge in [-0.05, 0) is 29.0 Å². The van der Waals surface area contributed by atoms with Crippen LogP contribution in [0.2, 0.25) is 0 Å². The molecule has 0 spiro atoms. The van der Waals surface area contributed by atoms with E-state index in [2.05, 4.69) is 55.0 Å². The van der Waals surface area contributed by atoms with Gasteiger partial charge in [0.25, 0.3) is 5.56 Å². The van der Waals surface area contributed by atoms with Crippen LogP contribution in [-0.4, -0.2) is 28.5 Å². The number of carbonyl (C=O) groups is 1. The Labute approximate surface area is 156 Å². The van der Waals surface area contributed by atoms with E-state index in [1.165, 1.54) is 16.9 Å². The third-order valence-corrected chi connectivity index (χ3v) is 5.30. The minimum Gasteiger partial charge on any atom is -0.400 e. The van der Waals surface area contributed by atoms with Crippen molar-refractivity contribution in [1.82, 2.24) is 9.97 Å². The van der Waals surface area contributed by atoms with Crippen LogP contribution in [0, 0.1) is 6.92 Å². The maximum atomic E-state index is 12.3. The second kappa shape index (κ2) is 7.93. The van der Waals surface area contributed by atoms with Gasteiger partial charge in [-0.25, -0.2) is 4.98 Å². The number of thiophene rings is 1. The summed E-state index contributed by atoms with van der Waals surface area (Å²) in [7, 11) is 1.00. The highest BCUT2D eigenvalue weighted by molar-refractivity contribution is 7.20. The number of aldehydes is 1. The van der Waals surface area contributed by atoms with Gasteiger partial charge < -0.3 is 10.1 Å². The van der Waals surface area contributed by atoms with Crippen LogP contribution in [-0.2, 0) is 11.8 Å². The maximum absolute atomic E-state index is 12.3. The van der Waals surface area contributed by atoms with Crippen LogP contribution in [0.5, 0.6) is 0 Å². The second-order valence-corrected chi connectivity index (χ2v) is 8.06. The van der Waals surface area contributed by atoms with Crippen molar-refractivity contribution in [2.45, 2.75) is 39.5 Å². The van der Waals surface area contributed by atoms with Gasteiger partial charge in [0, 0.05) is 13.5 Å². The van der Waals surface area contributed by atoms with Crippen molar-refractivity contribution < 1.29 is 9.90 Å². The minimum absolute atomic E-state index is 0.115. The lowest BCUT2D eigenvalue weighted by Crippen LogP contribution is -2.12. The fourth-order valence-electron chi connectivity index (χ4n) is 2.72. The van der Waals surface area contributed by atoms with E-state index in [0.29, 0.717) is 32.9 Å². The molecule has 0 saturated heterocycles. The second-order valence-electron chi connectivity index (χ2n) is 7.03. The Kier molecular flexibility index (Phi) is 6.10. The number of H-pyrrole nitrogens is 1. The molecule has 0 fully saturated rings. The topological polar surface area (TPSA) is 83.0 Å². The Hall–Kier alpha value is -2.31. The molecule has 6 heteroatoms. The number of hydrogen-bond acceptors (Lipinski definition) is 5. The van der Waals surface area contributed by atoms with Gasteiger partial charge >= 0.3 is 0 Å². The molecule has 1 aromatic carbocycles. The summed E-state index contributed by atoms with van der Waals surface area (Å²) in [4.78, 5) is 32.0. The summed E-state index contributed by atoms with van der Waals surface area (Å²) in [5.41, 5.74) is 3.01. The van der Waals surface area contributed by atoms with Gasteiger partial charge in [-0.2, -0.15) is 0 Å². The van der Waals surface area contributed by atoms with E-state index in [-0.39, 0.29) is 11.0 Å². The molecule has 0 aliphatic carbocycles. The molecule has 2 aromatic heterocycles. The number of aryl methyl sites for hydroxylation is 1. The number of hydrogen-bond donors (Lipinski definition) is 2. The molecule has 0 aliphatic rings. The highest BCUT2D eigenvalue weighted by atomic mass is 32.1. The fourth-order valence-corrected chi connectivity index (χ4v) is 3.73. The number of aliphatic hydroxyl groups excluding tert-OH is 1. The zero-order valence-electron chi connectivity index (χ0n) is 15.7. The van der Waals surface area contributed by atoms with E-state index in [9.17, 15) is 9.59 Å². The Morgan fingerprint density at radius 2 is 1.81 bits per heavy atom. The predicted octanol–water partition coefficient (Wildman–Crippen LogP) is 3.60. The fraction of sp³-hybridized carbons (Fsp3) is 0.350. The van der Waals surface area contributed by atoms with E-state index in [0.717, 1.165) is 19.0 Å². The van der Waals surface area contributed by atoms with Crippen LogP contribution in [0.3, 0.4) is 0 Å². The molecule has 3 aromatic rings. The van der Waals surface area contributed by atoms with E-state index in [1.54, 1.807) is 6.92 Å². The molecule has 0 bridgehead atoms. The van der Waals surface area contributed by atoms with Gasteiger partial charge in [-0.1, -0.05) is 45.0 Å². The molecule has 5 nitrogen and oxygen atoms in total. The van der Waals surface area contributed by atoms with Crippen molar-refractivity contribution in [1.29, 1.82) is 0 Å². The number of fused-ring (bicyclic) bond motifs is 1. The molecule has 0 atom stereocenters. The molecule has 3 rings (SSSR count). The predicted molar refractivity (Wildman–Crippen MR) is 106 cm³/mol. The molecule has 26 heavy (non-hydrogen) atoms. The van der Waals surface area contributed by atoms with Crippen LogP contribution in [0.25, 0.3) is 10.2 Å². The molecular weight excluding hydrogens is 348 g/mol. The molecular formula is C20H24N2O3S. The minimum atomic E-state index is -0.178. The summed E-state index contributed by atoms with van der Waals surface area (Å²) >= 11 is 1.27. The first kappa shape index (κ1) is 20.0. The van der Waals surface area contributed by atoms with Gasteiger partial charge in [0.2, 0.25) is 0 Å². The average Bonchev–Trinajstić information content (AvgIpc) is 2.92. The lowest BCUT2D eigenvalue weighted by molar-refractivity contribution is 0.112. The van der Waals surface area contributed by atoms with Crippen LogP contribution in [0.15, 0.2) is 29.1 Å². The molecule has 138 valence electrons. The van der Waals surface area contributed by atoms with Crippen LogP contribution in [0.1, 0.15) is 53.0 Å². The largest absolute Gasteiger partial charge is 0.400 e. The number of nitrogens with one attached hydrogen (secondary N) is 1. The maximum Gasteiger partial charge on any atom is 0.259 e. The summed E-state index contributed by atoms with van der Waals surface area (Å²) in [5, 5.41) is 7.52. The number of carbonyl (C=O) groups excluding carboxylic acids is 1. The highest BCUT2D eigenvalue weighted by Gasteiger charge is 2.15. The van der Waals surface area contributed by atoms with Gasteiger partial charge in [0.05, 0.1) is 10.3 Å². The standard InChI is InChI=1S/C19H20N2O2S.CH4O/c1-11-14(10-22)24-18-16(11)17(23)20-15(21-18)9-12-5-7-13(8-6-12)19(2,3)4;1-2/h5-8,10H,9H2,1-4H3,(H,20,21,23);2H,1H3. The quantitative estimate of drug-likeness (QED) is 0.688. The lowest BCUT2D eigenvalue weighted by atomic mass is 9.86. The normalized spacial score (nSPS) is 11.2. The zero-order chi connectivity index (χ0) is 19.5. The highest BCUT2D eigenvalue weighted by Crippen LogP contribution is 2.26. The third-order valence-electron chi connectivity index (χ3n) is 4.19. The molecule has 2 N–H and O–H groups in total. The summed E-state index contributed by atoms with van der Waals surface area (Å²) in [6.07, 6.45) is 1.34. The van der Waals surface area contributed by atoms with E-state index in [4.69, 9.17) is 5.11 Å². The molecule has 0 aliphatic heterocycles. The Bertz CT molecular complexity index is 964. The van der Waals surface area contributed by atoms with Gasteiger partial charge in [-0.3, -0.25) is 9.59 Å². The Morgan fingerprint density at radius 1 is 1.19 bits per heavy atom. The first-order valence-electron chi connectivity index (χ1n) is 8.31. The number of rotatable bonds is 3. The van der Waals surface area contributed by atoms with Gasteiger partial charge in [0.15, 0.2) is 6.29 Å². The number of nitrogens with zero attached hydrogens (tertiary/aromatic N) is 1. The lowest BCUT2D eigenvalue weighted by Gasteiger charge is -2.19. The first-order valence-corrected chi connectivity index (χ1v) is 9.13. The Balaban J connectivity index is 0.00000117. The van der Waals surface area contributed by atoms with Gasteiger partial charge in [0.1, 0.15) is 10.7 Å².